The van der Waals surface area contributed by atoms with Crippen LogP contribution in [0.4, 0.5) is 0 Å². The molecule has 0 N–H and O–H groups in total. The Bertz CT molecular complexity index is 477. The van der Waals surface area contributed by atoms with Crippen LogP contribution in [-0.2, 0) is 0 Å². The van der Waals surface area contributed by atoms with E-state index in [9.17, 15) is 4.79 Å². The first-order valence-electron chi connectivity index (χ1n) is 3.70. The van der Waals surface area contributed by atoms with Gasteiger partial charge in [-0.05, 0) is 34.7 Å². The molecule has 2 aromatic rings. The molecule has 2 rings (SSSR count). The van der Waals surface area contributed by atoms with Crippen molar-refractivity contribution in [3.8, 4) is 0 Å². The van der Waals surface area contributed by atoms with E-state index >= 15 is 0 Å². The summed E-state index contributed by atoms with van der Waals surface area (Å²) in [6, 6.07) is 3.62. The van der Waals surface area contributed by atoms with Crippen molar-refractivity contribution >= 4 is 39.5 Å². The molecule has 2 aromatic heterocycles. The van der Waals surface area contributed by atoms with E-state index in [0.29, 0.717) is 0 Å². The smallest absolute Gasteiger partial charge is 0.244 e. The zero-order valence-electron chi connectivity index (χ0n) is 6.86. The van der Waals surface area contributed by atoms with E-state index in [0.717, 1.165) is 14.7 Å². The van der Waals surface area contributed by atoms with Crippen LogP contribution >= 0.6 is 22.6 Å². The molecule has 0 saturated carbocycles. The van der Waals surface area contributed by atoms with E-state index in [1.54, 1.807) is 12.3 Å². The summed E-state index contributed by atoms with van der Waals surface area (Å²) in [5.41, 5.74) is 1.54. The molecule has 0 radical (unpaired) electrons. The van der Waals surface area contributed by atoms with Crippen LogP contribution < -0.4 is 0 Å². The number of hydrogen-bond acceptors (Lipinski definition) is 3. The van der Waals surface area contributed by atoms with Crippen LogP contribution in [0.15, 0.2) is 18.3 Å². The number of rotatable bonds is 0. The Morgan fingerprint density at radius 2 is 2.38 bits per heavy atom. The first-order chi connectivity index (χ1) is 6.20. The number of carbonyl (C=O) groups is 1. The van der Waals surface area contributed by atoms with Crippen LogP contribution in [0.25, 0.3) is 11.0 Å². The monoisotopic (exact) mass is 287 g/mol. The van der Waals surface area contributed by atoms with Crippen molar-refractivity contribution in [2.45, 2.75) is 6.92 Å². The molecule has 0 aliphatic rings. The van der Waals surface area contributed by atoms with Gasteiger partial charge in [0.25, 0.3) is 0 Å². The lowest BCUT2D eigenvalue weighted by atomic mass is 10.4. The molecule has 66 valence electrons. The number of pyridine rings is 1. The Kier molecular flexibility index (Phi) is 2.03. The van der Waals surface area contributed by atoms with Crippen molar-refractivity contribution in [3.63, 3.8) is 0 Å². The normalized spacial score (nSPS) is 10.6. The highest BCUT2D eigenvalue weighted by Crippen LogP contribution is 2.16. The van der Waals surface area contributed by atoms with E-state index < -0.39 is 0 Å². The fourth-order valence-electron chi connectivity index (χ4n) is 1.16. The van der Waals surface area contributed by atoms with Gasteiger partial charge in [-0.25, -0.2) is 0 Å². The molecule has 0 unspecified atom stereocenters. The maximum absolute atomic E-state index is 11.1. The summed E-state index contributed by atoms with van der Waals surface area (Å²) in [6.45, 7) is 1.48. The van der Waals surface area contributed by atoms with Crippen molar-refractivity contribution < 1.29 is 4.79 Å². The van der Waals surface area contributed by atoms with Crippen LogP contribution in [0.1, 0.15) is 11.7 Å². The van der Waals surface area contributed by atoms with Gasteiger partial charge in [0, 0.05) is 13.1 Å². The van der Waals surface area contributed by atoms with Gasteiger partial charge in [0.05, 0.1) is 5.52 Å². The summed E-state index contributed by atoms with van der Waals surface area (Å²) < 4.78 is 2.12. The van der Waals surface area contributed by atoms with Gasteiger partial charge in [0.15, 0.2) is 0 Å². The van der Waals surface area contributed by atoms with Crippen molar-refractivity contribution in [1.82, 2.24) is 14.8 Å². The van der Waals surface area contributed by atoms with E-state index in [1.165, 1.54) is 11.6 Å². The fraction of sp³-hybridized carbons (Fsp3) is 0.125. The lowest BCUT2D eigenvalue weighted by Crippen LogP contribution is -2.06. The highest BCUT2D eigenvalue weighted by Gasteiger charge is 2.10. The summed E-state index contributed by atoms with van der Waals surface area (Å²) in [4.78, 5) is 15.3. The predicted molar refractivity (Wildman–Crippen MR) is 56.5 cm³/mol. The van der Waals surface area contributed by atoms with Crippen LogP contribution in [0.5, 0.6) is 0 Å². The molecule has 0 bridgehead atoms. The molecule has 13 heavy (non-hydrogen) atoms. The average Bonchev–Trinajstić information content (AvgIpc) is 2.45. The minimum Gasteiger partial charge on any atom is -0.273 e. The Hall–Kier alpha value is -0.980. The highest BCUT2D eigenvalue weighted by atomic mass is 127. The van der Waals surface area contributed by atoms with Gasteiger partial charge in [0.1, 0.15) is 9.22 Å². The molecular weight excluding hydrogens is 281 g/mol. The van der Waals surface area contributed by atoms with Crippen LogP contribution in [-0.4, -0.2) is 20.7 Å². The molecule has 0 amide bonds. The summed E-state index contributed by atoms with van der Waals surface area (Å²) in [7, 11) is 0. The van der Waals surface area contributed by atoms with Crippen molar-refractivity contribution in [2.75, 3.05) is 0 Å². The lowest BCUT2D eigenvalue weighted by molar-refractivity contribution is 0.0926. The van der Waals surface area contributed by atoms with E-state index in [-0.39, 0.29) is 5.91 Å². The standard InChI is InChI=1S/C8H6IN3O/c1-5(13)12-6-3-2-4-10-7(6)8(9)11-12/h2-4H,1H3. The van der Waals surface area contributed by atoms with Crippen molar-refractivity contribution in [3.05, 3.63) is 22.0 Å². The first-order valence-corrected chi connectivity index (χ1v) is 4.78. The van der Waals surface area contributed by atoms with Crippen LogP contribution in [0.3, 0.4) is 0 Å². The van der Waals surface area contributed by atoms with Gasteiger partial charge in [-0.1, -0.05) is 0 Å². The third-order valence-corrected chi connectivity index (χ3v) is 2.42. The number of nitrogens with zero attached hydrogens (tertiary/aromatic N) is 3. The third-order valence-electron chi connectivity index (χ3n) is 1.70. The molecule has 5 heteroatoms. The largest absolute Gasteiger partial charge is 0.273 e. The number of carbonyl (C=O) groups excluding carboxylic acids is 1. The molecule has 0 aromatic carbocycles. The van der Waals surface area contributed by atoms with Gasteiger partial charge < -0.3 is 0 Å². The highest BCUT2D eigenvalue weighted by molar-refractivity contribution is 14.1. The minimum absolute atomic E-state index is 0.0964. The summed E-state index contributed by atoms with van der Waals surface area (Å²) in [5.74, 6) is -0.0964. The Balaban J connectivity index is 2.85. The molecule has 0 fully saturated rings. The van der Waals surface area contributed by atoms with Crippen molar-refractivity contribution in [1.29, 1.82) is 0 Å². The molecule has 0 saturated heterocycles. The van der Waals surface area contributed by atoms with E-state index in [4.69, 9.17) is 0 Å². The second-order valence-electron chi connectivity index (χ2n) is 2.59. The molecule has 2 heterocycles. The zero-order chi connectivity index (χ0) is 9.42. The summed E-state index contributed by atoms with van der Waals surface area (Å²) >= 11 is 2.07. The maximum Gasteiger partial charge on any atom is 0.244 e. The lowest BCUT2D eigenvalue weighted by Gasteiger charge is -1.93. The Morgan fingerprint density at radius 3 is 3.08 bits per heavy atom. The van der Waals surface area contributed by atoms with Crippen LogP contribution in [0.2, 0.25) is 0 Å². The van der Waals surface area contributed by atoms with E-state index in [1.807, 2.05) is 6.07 Å². The zero-order valence-corrected chi connectivity index (χ0v) is 9.02. The minimum atomic E-state index is -0.0964. The molecule has 0 aliphatic heterocycles. The number of aromatic nitrogens is 3. The van der Waals surface area contributed by atoms with Crippen LogP contribution in [0, 0.1) is 3.70 Å². The van der Waals surface area contributed by atoms with Crippen molar-refractivity contribution in [2.24, 2.45) is 0 Å². The van der Waals surface area contributed by atoms with Gasteiger partial charge >= 0.3 is 0 Å². The molecule has 0 spiro atoms. The maximum atomic E-state index is 11.1. The van der Waals surface area contributed by atoms with E-state index in [2.05, 4.69) is 32.7 Å². The predicted octanol–water partition coefficient (Wildman–Crippen LogP) is 1.70. The number of hydrogen-bond donors (Lipinski definition) is 0. The topological polar surface area (TPSA) is 47.8 Å². The third kappa shape index (κ3) is 1.32. The Morgan fingerprint density at radius 1 is 1.62 bits per heavy atom. The summed E-state index contributed by atoms with van der Waals surface area (Å²) in [6.07, 6.45) is 1.69. The van der Waals surface area contributed by atoms with Gasteiger partial charge in [-0.2, -0.15) is 9.78 Å². The first kappa shape index (κ1) is 8.61. The average molecular weight is 287 g/mol. The van der Waals surface area contributed by atoms with Gasteiger partial charge in [0.2, 0.25) is 5.91 Å². The number of halogens is 1. The molecule has 0 atom stereocenters. The van der Waals surface area contributed by atoms with Gasteiger partial charge in [-0.15, -0.1) is 0 Å². The fourth-order valence-corrected chi connectivity index (χ4v) is 1.79. The summed E-state index contributed by atoms with van der Waals surface area (Å²) in [5, 5.41) is 4.08. The second-order valence-corrected chi connectivity index (χ2v) is 3.61. The Labute approximate surface area is 88.1 Å². The van der Waals surface area contributed by atoms with Gasteiger partial charge in [-0.3, -0.25) is 9.78 Å². The molecule has 4 nitrogen and oxygen atoms in total. The second kappa shape index (κ2) is 3.06. The molecular formula is C8H6IN3O. The quantitative estimate of drug-likeness (QED) is 0.693. The number of fused-ring (bicyclic) bond motifs is 1. The SMILES string of the molecule is CC(=O)n1nc(I)c2ncccc21. The molecule has 0 aliphatic carbocycles.